The SMILES string of the molecule is CC(C)CCNC(=O)c1ccc([C@@H]2SCC(=O)N2Cc2ccccc2)cc1. The molecule has 2 amide bonds. The number of hydrogen-bond acceptors (Lipinski definition) is 3. The van der Waals surface area contributed by atoms with E-state index in [0.717, 1.165) is 17.5 Å². The molecule has 1 heterocycles. The normalized spacial score (nSPS) is 16.8. The highest BCUT2D eigenvalue weighted by molar-refractivity contribution is 8.00. The maximum atomic E-state index is 12.4. The summed E-state index contributed by atoms with van der Waals surface area (Å²) in [4.78, 5) is 26.5. The monoisotopic (exact) mass is 382 g/mol. The molecule has 1 aliphatic rings. The molecule has 4 nitrogen and oxygen atoms in total. The first-order chi connectivity index (χ1) is 13.0. The van der Waals surface area contributed by atoms with Gasteiger partial charge in [0.25, 0.3) is 5.91 Å². The van der Waals surface area contributed by atoms with E-state index in [1.54, 1.807) is 11.8 Å². The molecule has 2 aromatic rings. The van der Waals surface area contributed by atoms with Crippen molar-refractivity contribution in [1.82, 2.24) is 10.2 Å². The molecule has 0 aliphatic carbocycles. The summed E-state index contributed by atoms with van der Waals surface area (Å²) in [6.07, 6.45) is 0.971. The van der Waals surface area contributed by atoms with Crippen molar-refractivity contribution in [1.29, 1.82) is 0 Å². The standard InChI is InChI=1S/C22H26N2O2S/c1-16(2)12-13-23-21(26)18-8-10-19(11-9-18)22-24(20(25)15-27-22)14-17-6-4-3-5-7-17/h3-11,16,22H,12-15H2,1-2H3,(H,23,26)/t22-/m0/s1. The molecule has 1 atom stereocenters. The van der Waals surface area contributed by atoms with E-state index < -0.39 is 0 Å². The Labute approximate surface area is 165 Å². The van der Waals surface area contributed by atoms with Gasteiger partial charge in [-0.2, -0.15) is 0 Å². The van der Waals surface area contributed by atoms with Crippen LogP contribution in [0.1, 0.15) is 47.1 Å². The van der Waals surface area contributed by atoms with E-state index in [0.29, 0.717) is 30.3 Å². The smallest absolute Gasteiger partial charge is 0.251 e. The van der Waals surface area contributed by atoms with Gasteiger partial charge in [0, 0.05) is 18.7 Å². The van der Waals surface area contributed by atoms with Crippen molar-refractivity contribution < 1.29 is 9.59 Å². The van der Waals surface area contributed by atoms with Gasteiger partial charge in [0.15, 0.2) is 0 Å². The van der Waals surface area contributed by atoms with Gasteiger partial charge in [-0.3, -0.25) is 9.59 Å². The van der Waals surface area contributed by atoms with E-state index in [9.17, 15) is 9.59 Å². The second-order valence-electron chi connectivity index (χ2n) is 7.23. The zero-order chi connectivity index (χ0) is 19.2. The van der Waals surface area contributed by atoms with E-state index in [1.165, 1.54) is 0 Å². The molecular weight excluding hydrogens is 356 g/mol. The summed E-state index contributed by atoms with van der Waals surface area (Å²) in [5.41, 5.74) is 2.84. The zero-order valence-electron chi connectivity index (χ0n) is 15.9. The van der Waals surface area contributed by atoms with Gasteiger partial charge in [0.1, 0.15) is 5.37 Å². The van der Waals surface area contributed by atoms with Gasteiger partial charge < -0.3 is 10.2 Å². The van der Waals surface area contributed by atoms with Crippen molar-refractivity contribution in [2.45, 2.75) is 32.2 Å². The van der Waals surface area contributed by atoms with E-state index in [-0.39, 0.29) is 17.2 Å². The number of hydrogen-bond donors (Lipinski definition) is 1. The predicted octanol–water partition coefficient (Wildman–Crippen LogP) is 4.24. The maximum absolute atomic E-state index is 12.4. The van der Waals surface area contributed by atoms with Gasteiger partial charge in [-0.25, -0.2) is 0 Å². The Bertz CT molecular complexity index is 775. The summed E-state index contributed by atoms with van der Waals surface area (Å²) in [7, 11) is 0. The van der Waals surface area contributed by atoms with Gasteiger partial charge in [-0.15, -0.1) is 11.8 Å². The van der Waals surface area contributed by atoms with Gasteiger partial charge >= 0.3 is 0 Å². The van der Waals surface area contributed by atoms with Crippen LogP contribution in [-0.4, -0.2) is 29.0 Å². The molecule has 0 bridgehead atoms. The predicted molar refractivity (Wildman–Crippen MR) is 110 cm³/mol. The molecule has 142 valence electrons. The fourth-order valence-electron chi connectivity index (χ4n) is 3.06. The summed E-state index contributed by atoms with van der Waals surface area (Å²) < 4.78 is 0. The highest BCUT2D eigenvalue weighted by atomic mass is 32.2. The average molecular weight is 383 g/mol. The minimum absolute atomic E-state index is 0.00393. The van der Waals surface area contributed by atoms with E-state index in [4.69, 9.17) is 0 Å². The number of benzene rings is 2. The van der Waals surface area contributed by atoms with Crippen LogP contribution in [0.2, 0.25) is 0 Å². The Morgan fingerprint density at radius 3 is 2.52 bits per heavy atom. The molecule has 1 fully saturated rings. The van der Waals surface area contributed by atoms with E-state index in [2.05, 4.69) is 19.2 Å². The summed E-state index contributed by atoms with van der Waals surface area (Å²) in [6, 6.07) is 17.7. The van der Waals surface area contributed by atoms with Crippen LogP contribution in [0.3, 0.4) is 0 Å². The highest BCUT2D eigenvalue weighted by Gasteiger charge is 2.32. The second kappa shape index (κ2) is 9.09. The Kier molecular flexibility index (Phi) is 6.56. The number of rotatable bonds is 7. The first-order valence-electron chi connectivity index (χ1n) is 9.37. The lowest BCUT2D eigenvalue weighted by molar-refractivity contribution is -0.128. The lowest BCUT2D eigenvalue weighted by atomic mass is 10.1. The highest BCUT2D eigenvalue weighted by Crippen LogP contribution is 2.39. The molecule has 1 aliphatic heterocycles. The van der Waals surface area contributed by atoms with Crippen LogP contribution in [0, 0.1) is 5.92 Å². The largest absolute Gasteiger partial charge is 0.352 e. The third-order valence-corrected chi connectivity index (χ3v) is 5.89. The van der Waals surface area contributed by atoms with Gasteiger partial charge in [-0.05, 0) is 35.6 Å². The fourth-order valence-corrected chi connectivity index (χ4v) is 4.24. The second-order valence-corrected chi connectivity index (χ2v) is 8.30. The van der Waals surface area contributed by atoms with Crippen LogP contribution >= 0.6 is 11.8 Å². The Hall–Kier alpha value is -2.27. The molecule has 3 rings (SSSR count). The quantitative estimate of drug-likeness (QED) is 0.779. The third-order valence-electron chi connectivity index (χ3n) is 4.63. The van der Waals surface area contributed by atoms with E-state index >= 15 is 0 Å². The lowest BCUT2D eigenvalue weighted by Gasteiger charge is -2.24. The molecule has 1 saturated heterocycles. The number of nitrogens with one attached hydrogen (secondary N) is 1. The topological polar surface area (TPSA) is 49.4 Å². The lowest BCUT2D eigenvalue weighted by Crippen LogP contribution is -2.28. The summed E-state index contributed by atoms with van der Waals surface area (Å²) >= 11 is 1.64. The molecule has 5 heteroatoms. The summed E-state index contributed by atoms with van der Waals surface area (Å²) in [5.74, 6) is 1.18. The van der Waals surface area contributed by atoms with Crippen molar-refractivity contribution in [2.75, 3.05) is 12.3 Å². The first-order valence-corrected chi connectivity index (χ1v) is 10.4. The van der Waals surface area contributed by atoms with Gasteiger partial charge in [-0.1, -0.05) is 56.3 Å². The minimum Gasteiger partial charge on any atom is -0.352 e. The summed E-state index contributed by atoms with van der Waals surface area (Å²) in [6.45, 7) is 5.58. The zero-order valence-corrected chi connectivity index (χ0v) is 16.7. The van der Waals surface area contributed by atoms with Crippen LogP contribution in [0.15, 0.2) is 54.6 Å². The maximum Gasteiger partial charge on any atom is 0.251 e. The van der Waals surface area contributed by atoms with Crippen LogP contribution < -0.4 is 5.32 Å². The van der Waals surface area contributed by atoms with Crippen LogP contribution in [0.25, 0.3) is 0 Å². The number of amides is 2. The van der Waals surface area contributed by atoms with Gasteiger partial charge in [0.05, 0.1) is 5.75 Å². The Morgan fingerprint density at radius 1 is 1.15 bits per heavy atom. The van der Waals surface area contributed by atoms with Crippen LogP contribution in [0.5, 0.6) is 0 Å². The Balaban J connectivity index is 1.66. The minimum atomic E-state index is -0.0431. The number of thioether (sulfide) groups is 1. The van der Waals surface area contributed by atoms with Crippen molar-refractivity contribution >= 4 is 23.6 Å². The number of carbonyl (C=O) groups excluding carboxylic acids is 2. The molecular formula is C22H26N2O2S. The van der Waals surface area contributed by atoms with Crippen molar-refractivity contribution in [3.63, 3.8) is 0 Å². The van der Waals surface area contributed by atoms with Crippen LogP contribution in [-0.2, 0) is 11.3 Å². The third kappa shape index (κ3) is 5.13. The number of nitrogens with zero attached hydrogens (tertiary/aromatic N) is 1. The molecule has 0 aromatic heterocycles. The molecule has 2 aromatic carbocycles. The molecule has 0 unspecified atom stereocenters. The average Bonchev–Trinajstić information content (AvgIpc) is 3.03. The van der Waals surface area contributed by atoms with Crippen molar-refractivity contribution in [3.8, 4) is 0 Å². The Morgan fingerprint density at radius 2 is 1.85 bits per heavy atom. The van der Waals surface area contributed by atoms with Crippen molar-refractivity contribution in [3.05, 3.63) is 71.3 Å². The van der Waals surface area contributed by atoms with Gasteiger partial charge in [0.2, 0.25) is 5.91 Å². The number of carbonyl (C=O) groups is 2. The van der Waals surface area contributed by atoms with Crippen molar-refractivity contribution in [2.24, 2.45) is 5.92 Å². The molecule has 0 spiro atoms. The molecule has 1 N–H and O–H groups in total. The molecule has 0 radical (unpaired) electrons. The first kappa shape index (κ1) is 19.5. The molecule has 27 heavy (non-hydrogen) atoms. The summed E-state index contributed by atoms with van der Waals surface area (Å²) in [5, 5.41) is 2.96. The van der Waals surface area contributed by atoms with Crippen LogP contribution in [0.4, 0.5) is 0 Å². The molecule has 0 saturated carbocycles. The fraction of sp³-hybridized carbons (Fsp3) is 0.364. The van der Waals surface area contributed by atoms with E-state index in [1.807, 2.05) is 59.5 Å².